The predicted molar refractivity (Wildman–Crippen MR) is 101 cm³/mol. The minimum atomic E-state index is -4.52. The molecule has 0 saturated heterocycles. The van der Waals surface area contributed by atoms with Crippen LogP contribution in [-0.2, 0) is 6.18 Å². The molecule has 0 aliphatic carbocycles. The number of alkyl halides is 3. The largest absolute Gasteiger partial charge is 0.420 e. The van der Waals surface area contributed by atoms with Gasteiger partial charge in [-0.25, -0.2) is 9.97 Å². The van der Waals surface area contributed by atoms with Crippen LogP contribution in [0.4, 0.5) is 24.8 Å². The van der Waals surface area contributed by atoms with E-state index in [0.29, 0.717) is 4.90 Å². The van der Waals surface area contributed by atoms with E-state index < -0.39 is 11.7 Å². The lowest BCUT2D eigenvalue weighted by Gasteiger charge is -2.16. The molecule has 3 aromatic rings. The predicted octanol–water partition coefficient (Wildman–Crippen LogP) is 6.51. The quantitative estimate of drug-likeness (QED) is 0.505. The van der Waals surface area contributed by atoms with Crippen molar-refractivity contribution in [1.29, 1.82) is 0 Å². The van der Waals surface area contributed by atoms with Gasteiger partial charge in [0.25, 0.3) is 0 Å². The van der Waals surface area contributed by atoms with Crippen LogP contribution in [0.3, 0.4) is 0 Å². The lowest BCUT2D eigenvalue weighted by atomic mass is 10.0. The summed E-state index contributed by atoms with van der Waals surface area (Å²) in [6, 6.07) is 16.5. The van der Waals surface area contributed by atoms with Gasteiger partial charge in [-0.2, -0.15) is 13.2 Å². The maximum Gasteiger partial charge on any atom is 0.420 e. The van der Waals surface area contributed by atoms with Gasteiger partial charge in [-0.05, 0) is 29.7 Å². The zero-order valence-corrected chi connectivity index (χ0v) is 15.6. The highest BCUT2D eigenvalue weighted by atomic mass is 32.2. The molecule has 27 heavy (non-hydrogen) atoms. The number of nitrogens with zero attached hydrogens (tertiary/aromatic N) is 2. The molecule has 3 rings (SSSR count). The molecule has 1 aromatic heterocycles. The van der Waals surface area contributed by atoms with Crippen LogP contribution in [0, 0.1) is 0 Å². The van der Waals surface area contributed by atoms with Crippen LogP contribution in [-0.4, -0.2) is 9.97 Å². The monoisotopic (exact) mass is 389 g/mol. The van der Waals surface area contributed by atoms with Crippen molar-refractivity contribution >= 4 is 23.4 Å². The van der Waals surface area contributed by atoms with E-state index in [4.69, 9.17) is 0 Å². The molecule has 3 nitrogen and oxygen atoms in total. The minimum Gasteiger partial charge on any atom is -0.324 e. The van der Waals surface area contributed by atoms with Gasteiger partial charge in [0.2, 0.25) is 5.95 Å². The Labute approximate surface area is 160 Å². The summed E-state index contributed by atoms with van der Waals surface area (Å²) in [4.78, 5) is 8.71. The van der Waals surface area contributed by atoms with Gasteiger partial charge in [-0.3, -0.25) is 0 Å². The van der Waals surface area contributed by atoms with E-state index in [9.17, 15) is 13.2 Å². The van der Waals surface area contributed by atoms with Crippen LogP contribution in [0.15, 0.2) is 70.7 Å². The molecule has 0 saturated carbocycles. The average molecular weight is 389 g/mol. The summed E-state index contributed by atoms with van der Waals surface area (Å²) in [7, 11) is 0. The highest BCUT2D eigenvalue weighted by Gasteiger charge is 2.35. The van der Waals surface area contributed by atoms with Crippen LogP contribution in [0.1, 0.15) is 30.9 Å². The second kappa shape index (κ2) is 8.00. The minimum absolute atomic E-state index is 0.131. The first-order valence-electron chi connectivity index (χ1n) is 8.37. The van der Waals surface area contributed by atoms with E-state index in [0.717, 1.165) is 29.2 Å². The van der Waals surface area contributed by atoms with Crippen molar-refractivity contribution in [3.05, 3.63) is 71.9 Å². The Morgan fingerprint density at radius 3 is 2.30 bits per heavy atom. The lowest BCUT2D eigenvalue weighted by Crippen LogP contribution is -2.11. The highest BCUT2D eigenvalue weighted by molar-refractivity contribution is 7.99. The van der Waals surface area contributed by atoms with Crippen LogP contribution in [0.2, 0.25) is 0 Å². The zero-order valence-electron chi connectivity index (χ0n) is 14.8. The molecule has 7 heteroatoms. The summed E-state index contributed by atoms with van der Waals surface area (Å²) in [6.07, 6.45) is -3.69. The Morgan fingerprint density at radius 1 is 0.963 bits per heavy atom. The number of hydrogen-bond donors (Lipinski definition) is 1. The molecule has 0 fully saturated rings. The number of aromatic nitrogens is 2. The van der Waals surface area contributed by atoms with Crippen molar-refractivity contribution in [2.45, 2.75) is 35.9 Å². The fourth-order valence-electron chi connectivity index (χ4n) is 2.53. The third-order valence-electron chi connectivity index (χ3n) is 3.85. The summed E-state index contributed by atoms with van der Waals surface area (Å²) in [5, 5.41) is 2.92. The van der Waals surface area contributed by atoms with E-state index in [2.05, 4.69) is 15.3 Å². The number of benzene rings is 2. The van der Waals surface area contributed by atoms with Gasteiger partial charge < -0.3 is 5.32 Å². The first-order chi connectivity index (χ1) is 12.8. The van der Waals surface area contributed by atoms with Gasteiger partial charge in [0, 0.05) is 16.8 Å². The number of halogens is 3. The van der Waals surface area contributed by atoms with Crippen molar-refractivity contribution in [2.24, 2.45) is 0 Å². The fourth-order valence-corrected chi connectivity index (χ4v) is 3.46. The molecule has 2 aromatic carbocycles. The number of rotatable bonds is 5. The van der Waals surface area contributed by atoms with Crippen molar-refractivity contribution in [1.82, 2.24) is 9.97 Å². The molecule has 0 aliphatic heterocycles. The van der Waals surface area contributed by atoms with E-state index in [-0.39, 0.29) is 16.9 Å². The van der Waals surface area contributed by atoms with Crippen molar-refractivity contribution < 1.29 is 13.2 Å². The van der Waals surface area contributed by atoms with Gasteiger partial charge in [0.05, 0.1) is 0 Å². The Balaban J connectivity index is 1.97. The first kappa shape index (κ1) is 19.2. The molecule has 0 radical (unpaired) electrons. The van der Waals surface area contributed by atoms with Gasteiger partial charge in [0.15, 0.2) is 0 Å². The Bertz CT molecular complexity index is 912. The molecule has 1 N–H and O–H groups in total. The number of hydrogen-bond acceptors (Lipinski definition) is 4. The SMILES string of the molecule is CC(C)c1ccccc1Nc1ncc(C(F)(F)F)c(Sc2ccccc2)n1. The maximum absolute atomic E-state index is 13.4. The number of para-hydroxylation sites is 1. The number of nitrogens with one attached hydrogen (secondary N) is 1. The van der Waals surface area contributed by atoms with Crippen LogP contribution in [0.5, 0.6) is 0 Å². The summed E-state index contributed by atoms with van der Waals surface area (Å²) < 4.78 is 40.1. The normalized spacial score (nSPS) is 11.6. The Kier molecular flexibility index (Phi) is 5.70. The van der Waals surface area contributed by atoms with Crippen molar-refractivity contribution in [3.63, 3.8) is 0 Å². The highest BCUT2D eigenvalue weighted by Crippen LogP contribution is 2.38. The van der Waals surface area contributed by atoms with Crippen molar-refractivity contribution in [3.8, 4) is 0 Å². The third kappa shape index (κ3) is 4.80. The van der Waals surface area contributed by atoms with E-state index >= 15 is 0 Å². The van der Waals surface area contributed by atoms with Gasteiger partial charge in [-0.1, -0.05) is 62.0 Å². The van der Waals surface area contributed by atoms with Crippen LogP contribution < -0.4 is 5.32 Å². The molecule has 0 spiro atoms. The molecule has 0 unspecified atom stereocenters. The molecule has 1 heterocycles. The van der Waals surface area contributed by atoms with Crippen LogP contribution in [0.25, 0.3) is 0 Å². The summed E-state index contributed by atoms with van der Waals surface area (Å²) in [6.45, 7) is 4.09. The number of anilines is 2. The van der Waals surface area contributed by atoms with E-state index in [1.54, 1.807) is 24.3 Å². The summed E-state index contributed by atoms with van der Waals surface area (Å²) in [5.41, 5.74) is 0.972. The second-order valence-corrected chi connectivity index (χ2v) is 7.25. The van der Waals surface area contributed by atoms with E-state index in [1.165, 1.54) is 0 Å². The van der Waals surface area contributed by atoms with Gasteiger partial charge in [0.1, 0.15) is 10.6 Å². The molecule has 0 bridgehead atoms. The summed E-state index contributed by atoms with van der Waals surface area (Å²) in [5.74, 6) is 0.385. The Hall–Kier alpha value is -2.54. The average Bonchev–Trinajstić information content (AvgIpc) is 2.62. The van der Waals surface area contributed by atoms with Gasteiger partial charge in [-0.15, -0.1) is 0 Å². The Morgan fingerprint density at radius 2 is 1.63 bits per heavy atom. The van der Waals surface area contributed by atoms with Crippen LogP contribution >= 0.6 is 11.8 Å². The summed E-state index contributed by atoms with van der Waals surface area (Å²) >= 11 is 0.965. The molecule has 0 atom stereocenters. The lowest BCUT2D eigenvalue weighted by molar-refractivity contribution is -0.140. The third-order valence-corrected chi connectivity index (χ3v) is 4.86. The first-order valence-corrected chi connectivity index (χ1v) is 9.19. The van der Waals surface area contributed by atoms with E-state index in [1.807, 2.05) is 44.2 Å². The molecule has 140 valence electrons. The topological polar surface area (TPSA) is 37.8 Å². The fraction of sp³-hybridized carbons (Fsp3) is 0.200. The van der Waals surface area contributed by atoms with Gasteiger partial charge >= 0.3 is 6.18 Å². The molecule has 0 aliphatic rings. The molecular formula is C20H18F3N3S. The maximum atomic E-state index is 13.4. The molecular weight excluding hydrogens is 371 g/mol. The molecule has 0 amide bonds. The standard InChI is InChI=1S/C20H18F3N3S/c1-13(2)15-10-6-7-11-17(15)25-19-24-12-16(20(21,22)23)18(26-19)27-14-8-4-3-5-9-14/h3-13H,1-2H3,(H,24,25,26). The second-order valence-electron chi connectivity index (χ2n) is 6.19. The zero-order chi connectivity index (χ0) is 19.4. The van der Waals surface area contributed by atoms with Crippen molar-refractivity contribution in [2.75, 3.05) is 5.32 Å². The smallest absolute Gasteiger partial charge is 0.324 e.